The van der Waals surface area contributed by atoms with Gasteiger partial charge in [0.15, 0.2) is 0 Å². The van der Waals surface area contributed by atoms with Crippen LogP contribution in [0.3, 0.4) is 0 Å². The molecular formula is C13H18INO3. The molecule has 18 heavy (non-hydrogen) atoms. The van der Waals surface area contributed by atoms with Crippen molar-refractivity contribution in [2.45, 2.75) is 39.2 Å². The number of hydrogen-bond acceptors (Lipinski definition) is 3. The molecular weight excluding hydrogens is 345 g/mol. The summed E-state index contributed by atoms with van der Waals surface area (Å²) in [7, 11) is 0. The highest BCUT2D eigenvalue weighted by molar-refractivity contribution is 14.1. The lowest BCUT2D eigenvalue weighted by atomic mass is 10.1. The Kier molecular flexibility index (Phi) is 6.38. The zero-order valence-electron chi connectivity index (χ0n) is 10.7. The molecule has 0 spiro atoms. The van der Waals surface area contributed by atoms with E-state index in [1.165, 1.54) is 10.6 Å². The number of unbranched alkanes of at least 4 members (excludes halogenated alkanes) is 1. The molecule has 0 saturated heterocycles. The number of halogens is 1. The van der Waals surface area contributed by atoms with Gasteiger partial charge in [0.2, 0.25) is 0 Å². The number of pyridine rings is 1. The number of carbonyl (C=O) groups excluding carboxylic acids is 1. The van der Waals surface area contributed by atoms with Crippen LogP contribution in [0.5, 0.6) is 0 Å². The van der Waals surface area contributed by atoms with E-state index in [2.05, 4.69) is 29.5 Å². The molecule has 0 aromatic carbocycles. The monoisotopic (exact) mass is 363 g/mol. The van der Waals surface area contributed by atoms with Crippen LogP contribution in [0.1, 0.15) is 39.2 Å². The van der Waals surface area contributed by atoms with Crippen LogP contribution in [0.15, 0.2) is 23.1 Å². The van der Waals surface area contributed by atoms with Gasteiger partial charge in [0.1, 0.15) is 6.04 Å². The van der Waals surface area contributed by atoms with Crippen molar-refractivity contribution in [1.82, 2.24) is 4.57 Å². The highest BCUT2D eigenvalue weighted by Crippen LogP contribution is 2.16. The van der Waals surface area contributed by atoms with Gasteiger partial charge in [-0.25, -0.2) is 4.79 Å². The summed E-state index contributed by atoms with van der Waals surface area (Å²) in [6, 6.07) is 2.84. The van der Waals surface area contributed by atoms with Crippen LogP contribution < -0.4 is 5.56 Å². The molecule has 1 aromatic rings. The van der Waals surface area contributed by atoms with Crippen molar-refractivity contribution in [3.8, 4) is 0 Å². The Labute approximate surface area is 120 Å². The summed E-state index contributed by atoms with van der Waals surface area (Å²) in [6.45, 7) is 4.16. The molecule has 4 nitrogen and oxygen atoms in total. The maximum Gasteiger partial charge on any atom is 0.329 e. The Morgan fingerprint density at radius 2 is 2.22 bits per heavy atom. The second-order valence-corrected chi connectivity index (χ2v) is 5.25. The number of hydrogen-bond donors (Lipinski definition) is 0. The van der Waals surface area contributed by atoms with Crippen LogP contribution in [0.4, 0.5) is 0 Å². The number of nitrogens with zero attached hydrogens (tertiary/aromatic N) is 1. The van der Waals surface area contributed by atoms with Gasteiger partial charge in [-0.3, -0.25) is 4.79 Å². The minimum atomic E-state index is -0.505. The van der Waals surface area contributed by atoms with Crippen LogP contribution >= 0.6 is 22.6 Å². The largest absolute Gasteiger partial charge is 0.464 e. The second-order valence-electron chi connectivity index (χ2n) is 4.00. The third-order valence-corrected chi connectivity index (χ3v) is 3.31. The van der Waals surface area contributed by atoms with Gasteiger partial charge in [-0.15, -0.1) is 0 Å². The van der Waals surface area contributed by atoms with Crippen molar-refractivity contribution < 1.29 is 9.53 Å². The van der Waals surface area contributed by atoms with E-state index in [0.29, 0.717) is 13.0 Å². The predicted octanol–water partition coefficient (Wildman–Crippen LogP) is 2.75. The lowest BCUT2D eigenvalue weighted by Crippen LogP contribution is -2.30. The van der Waals surface area contributed by atoms with E-state index >= 15 is 0 Å². The van der Waals surface area contributed by atoms with Crippen LogP contribution in [-0.4, -0.2) is 17.1 Å². The quantitative estimate of drug-likeness (QED) is 0.577. The maximum absolute atomic E-state index is 11.9. The third kappa shape index (κ3) is 4.12. The normalized spacial score (nSPS) is 12.2. The maximum atomic E-state index is 11.9. The first-order valence-electron chi connectivity index (χ1n) is 6.14. The van der Waals surface area contributed by atoms with Crippen molar-refractivity contribution in [1.29, 1.82) is 0 Å². The zero-order chi connectivity index (χ0) is 13.5. The van der Waals surface area contributed by atoms with E-state index in [1.54, 1.807) is 13.1 Å². The molecule has 100 valence electrons. The zero-order valence-corrected chi connectivity index (χ0v) is 12.8. The SMILES string of the molecule is CCCC[C@@H](C(=O)OCC)n1ccc(I)cc1=O. The number of rotatable bonds is 6. The fourth-order valence-corrected chi connectivity index (χ4v) is 2.16. The molecule has 0 unspecified atom stereocenters. The summed E-state index contributed by atoms with van der Waals surface area (Å²) in [5.41, 5.74) is -0.156. The molecule has 1 heterocycles. The molecule has 0 aliphatic rings. The number of carbonyl (C=O) groups is 1. The lowest BCUT2D eigenvalue weighted by molar-refractivity contribution is -0.147. The van der Waals surface area contributed by atoms with E-state index in [-0.39, 0.29) is 11.5 Å². The fraction of sp³-hybridized carbons (Fsp3) is 0.538. The van der Waals surface area contributed by atoms with Crippen LogP contribution in [0, 0.1) is 3.57 Å². The first-order valence-corrected chi connectivity index (χ1v) is 7.22. The Bertz CT molecular complexity index is 456. The van der Waals surface area contributed by atoms with Gasteiger partial charge in [-0.2, -0.15) is 0 Å². The molecule has 1 rings (SSSR count). The topological polar surface area (TPSA) is 48.3 Å². The smallest absolute Gasteiger partial charge is 0.329 e. The van der Waals surface area contributed by atoms with Crippen molar-refractivity contribution in [2.75, 3.05) is 6.61 Å². The molecule has 0 radical (unpaired) electrons. The van der Waals surface area contributed by atoms with Gasteiger partial charge in [0, 0.05) is 15.8 Å². The van der Waals surface area contributed by atoms with Gasteiger partial charge in [-0.1, -0.05) is 19.8 Å². The van der Waals surface area contributed by atoms with E-state index in [4.69, 9.17) is 4.74 Å². The highest BCUT2D eigenvalue weighted by Gasteiger charge is 2.21. The minimum Gasteiger partial charge on any atom is -0.464 e. The average Bonchev–Trinajstić information content (AvgIpc) is 2.32. The summed E-state index contributed by atoms with van der Waals surface area (Å²) < 4.78 is 7.38. The Balaban J connectivity index is 3.01. The highest BCUT2D eigenvalue weighted by atomic mass is 127. The number of esters is 1. The van der Waals surface area contributed by atoms with Gasteiger partial charge >= 0.3 is 5.97 Å². The first kappa shape index (κ1) is 15.2. The summed E-state index contributed by atoms with van der Waals surface area (Å²) >= 11 is 2.08. The number of aromatic nitrogens is 1. The Morgan fingerprint density at radius 1 is 1.50 bits per heavy atom. The standard InChI is InChI=1S/C13H18INO3/c1-3-5-6-11(13(17)18-4-2)15-8-7-10(14)9-12(15)16/h7-9,11H,3-6H2,1-2H3/t11-/m0/s1. The van der Waals surface area contributed by atoms with Gasteiger partial charge < -0.3 is 9.30 Å². The second kappa shape index (κ2) is 7.56. The van der Waals surface area contributed by atoms with E-state index < -0.39 is 6.04 Å². The Hall–Kier alpha value is -0.850. The molecule has 0 aliphatic carbocycles. The third-order valence-electron chi connectivity index (χ3n) is 2.64. The van der Waals surface area contributed by atoms with Gasteiger partial charge in [-0.05, 0) is 42.0 Å². The summed E-state index contributed by atoms with van der Waals surface area (Å²) in [6.07, 6.45) is 4.17. The van der Waals surface area contributed by atoms with E-state index in [1.807, 2.05) is 6.07 Å². The van der Waals surface area contributed by atoms with Gasteiger partial charge in [0.05, 0.1) is 6.61 Å². The first-order chi connectivity index (χ1) is 8.60. The van der Waals surface area contributed by atoms with Crippen molar-refractivity contribution >= 4 is 28.6 Å². The molecule has 1 aromatic heterocycles. The molecule has 1 atom stereocenters. The van der Waals surface area contributed by atoms with Crippen molar-refractivity contribution in [2.24, 2.45) is 0 Å². The molecule has 5 heteroatoms. The molecule has 0 bridgehead atoms. The summed E-state index contributed by atoms with van der Waals surface area (Å²) in [5, 5.41) is 0. The van der Waals surface area contributed by atoms with Crippen LogP contribution in [0.2, 0.25) is 0 Å². The lowest BCUT2D eigenvalue weighted by Gasteiger charge is -2.18. The fourth-order valence-electron chi connectivity index (χ4n) is 1.73. The van der Waals surface area contributed by atoms with E-state index in [0.717, 1.165) is 16.4 Å². The van der Waals surface area contributed by atoms with Crippen molar-refractivity contribution in [3.05, 3.63) is 32.3 Å². The summed E-state index contributed by atoms with van der Waals surface area (Å²) in [5.74, 6) is -0.325. The van der Waals surface area contributed by atoms with Crippen LogP contribution in [-0.2, 0) is 9.53 Å². The molecule has 0 aliphatic heterocycles. The predicted molar refractivity (Wildman–Crippen MR) is 78.6 cm³/mol. The Morgan fingerprint density at radius 3 is 2.78 bits per heavy atom. The van der Waals surface area contributed by atoms with Crippen molar-refractivity contribution in [3.63, 3.8) is 0 Å². The average molecular weight is 363 g/mol. The van der Waals surface area contributed by atoms with Gasteiger partial charge in [0.25, 0.3) is 5.56 Å². The molecule has 0 N–H and O–H groups in total. The molecule has 0 amide bonds. The minimum absolute atomic E-state index is 0.156. The summed E-state index contributed by atoms with van der Waals surface area (Å²) in [4.78, 5) is 23.8. The van der Waals surface area contributed by atoms with Crippen LogP contribution in [0.25, 0.3) is 0 Å². The molecule has 0 saturated carbocycles. The van der Waals surface area contributed by atoms with E-state index in [9.17, 15) is 9.59 Å². The number of ether oxygens (including phenoxy) is 1. The molecule has 0 fully saturated rings.